The maximum Gasteiger partial charge on any atom is 0.232 e. The number of anilines is 1. The van der Waals surface area contributed by atoms with Crippen molar-refractivity contribution in [3.8, 4) is 6.07 Å². The van der Waals surface area contributed by atoms with Crippen molar-refractivity contribution in [1.82, 2.24) is 9.88 Å². The number of morpholine rings is 1. The fourth-order valence-corrected chi connectivity index (χ4v) is 3.35. The van der Waals surface area contributed by atoms with Crippen LogP contribution < -0.4 is 5.32 Å². The first-order chi connectivity index (χ1) is 13.1. The van der Waals surface area contributed by atoms with Crippen LogP contribution in [-0.4, -0.2) is 42.7 Å². The van der Waals surface area contributed by atoms with Crippen LogP contribution >= 0.6 is 0 Å². The van der Waals surface area contributed by atoms with Gasteiger partial charge in [0.2, 0.25) is 11.6 Å². The Morgan fingerprint density at radius 3 is 2.44 bits per heavy atom. The third-order valence-electron chi connectivity index (χ3n) is 5.01. The van der Waals surface area contributed by atoms with Crippen molar-refractivity contribution < 1.29 is 9.15 Å². The molecule has 6 nitrogen and oxygen atoms in total. The van der Waals surface area contributed by atoms with Crippen LogP contribution in [-0.2, 0) is 11.2 Å². The number of nitriles is 1. The normalized spacial score (nSPS) is 16.3. The van der Waals surface area contributed by atoms with E-state index in [1.165, 1.54) is 11.1 Å². The van der Waals surface area contributed by atoms with Crippen molar-refractivity contribution in [2.24, 2.45) is 0 Å². The minimum absolute atomic E-state index is 0.178. The average Bonchev–Trinajstić information content (AvgIpc) is 3.12. The Kier molecular flexibility index (Phi) is 6.49. The number of rotatable bonds is 7. The van der Waals surface area contributed by atoms with E-state index in [2.05, 4.69) is 59.4 Å². The summed E-state index contributed by atoms with van der Waals surface area (Å²) in [4.78, 5) is 6.64. The molecule has 0 bridgehead atoms. The summed E-state index contributed by atoms with van der Waals surface area (Å²) in [6, 6.07) is 11.1. The molecular weight excluding hydrogens is 340 g/mol. The molecule has 0 unspecified atom stereocenters. The zero-order chi connectivity index (χ0) is 19.2. The molecule has 6 heteroatoms. The van der Waals surface area contributed by atoms with Gasteiger partial charge in [-0.1, -0.05) is 45.0 Å². The molecule has 0 radical (unpaired) electrons. The van der Waals surface area contributed by atoms with Gasteiger partial charge in [-0.15, -0.1) is 0 Å². The molecular formula is C21H28N4O2. The summed E-state index contributed by atoms with van der Waals surface area (Å²) >= 11 is 0. The second kappa shape index (κ2) is 9.03. The van der Waals surface area contributed by atoms with Gasteiger partial charge in [0.15, 0.2) is 5.89 Å². The van der Waals surface area contributed by atoms with Gasteiger partial charge in [-0.2, -0.15) is 5.26 Å². The van der Waals surface area contributed by atoms with Crippen molar-refractivity contribution in [1.29, 1.82) is 5.26 Å². The largest absolute Gasteiger partial charge is 0.424 e. The maximum atomic E-state index is 9.30. The standard InChI is InChI=1S/C21H28N4O2/c1-4-20-24-18(13-22)21(27-20)23-14-19(25-9-11-26-12-10-25)17-7-5-16(6-8-17)15(2)3/h5-8,15,19,23H,4,9-12,14H2,1-3H3/t19-/m0/s1. The summed E-state index contributed by atoms with van der Waals surface area (Å²) in [5.41, 5.74) is 2.91. The van der Waals surface area contributed by atoms with E-state index < -0.39 is 0 Å². The predicted molar refractivity (Wildman–Crippen MR) is 105 cm³/mol. The van der Waals surface area contributed by atoms with Gasteiger partial charge < -0.3 is 14.5 Å². The number of benzene rings is 1. The molecule has 1 atom stereocenters. The second-order valence-electron chi connectivity index (χ2n) is 7.12. The monoisotopic (exact) mass is 368 g/mol. The van der Waals surface area contributed by atoms with Crippen LogP contribution in [0.2, 0.25) is 0 Å². The first-order valence-electron chi connectivity index (χ1n) is 9.67. The number of oxazole rings is 1. The van der Waals surface area contributed by atoms with E-state index in [1.54, 1.807) is 0 Å². The van der Waals surface area contributed by atoms with Crippen LogP contribution in [0.15, 0.2) is 28.7 Å². The molecule has 144 valence electrons. The molecule has 27 heavy (non-hydrogen) atoms. The van der Waals surface area contributed by atoms with Gasteiger partial charge >= 0.3 is 0 Å². The van der Waals surface area contributed by atoms with Crippen molar-refractivity contribution in [2.45, 2.75) is 39.2 Å². The van der Waals surface area contributed by atoms with Crippen LogP contribution in [0.4, 0.5) is 5.88 Å². The minimum Gasteiger partial charge on any atom is -0.424 e. The molecule has 0 aliphatic carbocycles. The Hall–Kier alpha value is -2.36. The summed E-state index contributed by atoms with van der Waals surface area (Å²) in [5, 5.41) is 12.6. The zero-order valence-corrected chi connectivity index (χ0v) is 16.4. The van der Waals surface area contributed by atoms with Crippen molar-refractivity contribution in [3.63, 3.8) is 0 Å². The van der Waals surface area contributed by atoms with Gasteiger partial charge in [-0.3, -0.25) is 4.90 Å². The lowest BCUT2D eigenvalue weighted by molar-refractivity contribution is 0.0186. The van der Waals surface area contributed by atoms with E-state index >= 15 is 0 Å². The quantitative estimate of drug-likeness (QED) is 0.803. The number of aromatic nitrogens is 1. The van der Waals surface area contributed by atoms with Crippen LogP contribution in [0.5, 0.6) is 0 Å². The molecule has 3 rings (SSSR count). The van der Waals surface area contributed by atoms with E-state index in [0.717, 1.165) is 26.3 Å². The lowest BCUT2D eigenvalue weighted by Gasteiger charge is -2.35. The summed E-state index contributed by atoms with van der Waals surface area (Å²) in [7, 11) is 0. The lowest BCUT2D eigenvalue weighted by atomic mass is 9.98. The molecule has 1 fully saturated rings. The Morgan fingerprint density at radius 2 is 1.85 bits per heavy atom. The van der Waals surface area contributed by atoms with Crippen LogP contribution in [0.25, 0.3) is 0 Å². The summed E-state index contributed by atoms with van der Waals surface area (Å²) < 4.78 is 11.2. The van der Waals surface area contributed by atoms with E-state index in [9.17, 15) is 5.26 Å². The Bertz CT molecular complexity index is 770. The number of hydrogen-bond donors (Lipinski definition) is 1. The lowest BCUT2D eigenvalue weighted by Crippen LogP contribution is -2.41. The van der Waals surface area contributed by atoms with Crippen molar-refractivity contribution in [2.75, 3.05) is 38.2 Å². The zero-order valence-electron chi connectivity index (χ0n) is 16.4. The fraction of sp³-hybridized carbons (Fsp3) is 0.524. The first kappa shape index (κ1) is 19.4. The summed E-state index contributed by atoms with van der Waals surface area (Å²) in [6.07, 6.45) is 0.667. The molecule has 0 amide bonds. The van der Waals surface area contributed by atoms with Crippen LogP contribution in [0.3, 0.4) is 0 Å². The molecule has 0 saturated carbocycles. The highest BCUT2D eigenvalue weighted by atomic mass is 16.5. The summed E-state index contributed by atoms with van der Waals surface area (Å²) in [5.74, 6) is 1.56. The van der Waals surface area contributed by atoms with Gasteiger partial charge in [0, 0.05) is 26.1 Å². The molecule has 2 heterocycles. The Labute approximate surface area is 161 Å². The predicted octanol–water partition coefficient (Wildman–Crippen LogP) is 3.72. The third-order valence-corrected chi connectivity index (χ3v) is 5.01. The minimum atomic E-state index is 0.178. The van der Waals surface area contributed by atoms with Crippen molar-refractivity contribution in [3.05, 3.63) is 47.0 Å². The molecule has 2 aromatic rings. The fourth-order valence-electron chi connectivity index (χ4n) is 3.35. The molecule has 1 aliphatic rings. The molecule has 1 aliphatic heterocycles. The third kappa shape index (κ3) is 4.68. The molecule has 1 N–H and O–H groups in total. The number of nitrogens with one attached hydrogen (secondary N) is 1. The molecule has 1 aromatic carbocycles. The molecule has 1 saturated heterocycles. The molecule has 1 aromatic heterocycles. The highest BCUT2D eigenvalue weighted by Gasteiger charge is 2.24. The van der Waals surface area contributed by atoms with E-state index in [4.69, 9.17) is 9.15 Å². The van der Waals surface area contributed by atoms with Gasteiger partial charge in [-0.25, -0.2) is 4.98 Å². The summed E-state index contributed by atoms with van der Waals surface area (Å²) in [6.45, 7) is 10.3. The average molecular weight is 368 g/mol. The van der Waals surface area contributed by atoms with E-state index in [0.29, 0.717) is 36.4 Å². The number of ether oxygens (including phenoxy) is 1. The number of hydrogen-bond acceptors (Lipinski definition) is 6. The Balaban J connectivity index is 1.80. The van der Waals surface area contributed by atoms with Gasteiger partial charge in [0.25, 0.3) is 0 Å². The molecule has 0 spiro atoms. The highest BCUT2D eigenvalue weighted by molar-refractivity contribution is 5.45. The number of nitrogens with zero attached hydrogens (tertiary/aromatic N) is 3. The van der Waals surface area contributed by atoms with Gasteiger partial charge in [0.1, 0.15) is 6.07 Å². The van der Waals surface area contributed by atoms with Gasteiger partial charge in [0.05, 0.1) is 19.3 Å². The van der Waals surface area contributed by atoms with Gasteiger partial charge in [-0.05, 0) is 17.0 Å². The topological polar surface area (TPSA) is 74.3 Å². The van der Waals surface area contributed by atoms with E-state index in [1.807, 2.05) is 6.92 Å². The number of aryl methyl sites for hydroxylation is 1. The Morgan fingerprint density at radius 1 is 1.19 bits per heavy atom. The highest BCUT2D eigenvalue weighted by Crippen LogP contribution is 2.26. The smallest absolute Gasteiger partial charge is 0.232 e. The first-order valence-corrected chi connectivity index (χ1v) is 9.67. The van der Waals surface area contributed by atoms with Crippen molar-refractivity contribution >= 4 is 5.88 Å². The van der Waals surface area contributed by atoms with Crippen LogP contribution in [0, 0.1) is 11.3 Å². The SMILES string of the molecule is CCc1nc(C#N)c(NC[C@@H](c2ccc(C(C)C)cc2)N2CCOCC2)o1. The second-order valence-corrected chi connectivity index (χ2v) is 7.12. The van der Waals surface area contributed by atoms with E-state index in [-0.39, 0.29) is 6.04 Å². The maximum absolute atomic E-state index is 9.30. The van der Waals surface area contributed by atoms with Crippen LogP contribution in [0.1, 0.15) is 55.4 Å².